The van der Waals surface area contributed by atoms with Crippen molar-refractivity contribution < 1.29 is 14.3 Å². The zero-order valence-electron chi connectivity index (χ0n) is 9.70. The third-order valence-electron chi connectivity index (χ3n) is 3.03. The number of nitrogens with zero attached hydrogens (tertiary/aromatic N) is 1. The molecule has 1 atom stereocenters. The van der Waals surface area contributed by atoms with Gasteiger partial charge in [-0.25, -0.2) is 4.39 Å². The van der Waals surface area contributed by atoms with Gasteiger partial charge in [0.15, 0.2) is 0 Å². The number of carboxylic acids is 1. The number of piperazine rings is 1. The first-order chi connectivity index (χ1) is 8.58. The number of rotatable bonds is 3. The number of aliphatic carboxylic acids is 1. The maximum absolute atomic E-state index is 13.0. The molecule has 1 fully saturated rings. The van der Waals surface area contributed by atoms with E-state index in [9.17, 15) is 9.18 Å². The standard InChI is InChI=1S/C12H14BrFN2O2/c13-10-5-9(14)2-1-8(10)7-16-4-3-15-6-11(16)12(17)18/h1-2,5,11,15H,3-4,6-7H2,(H,17,18). The monoisotopic (exact) mass is 316 g/mol. The molecule has 0 aromatic heterocycles. The lowest BCUT2D eigenvalue weighted by Gasteiger charge is -2.33. The number of hydrogen-bond acceptors (Lipinski definition) is 3. The van der Waals surface area contributed by atoms with Crippen LogP contribution in [0.3, 0.4) is 0 Å². The Bertz CT molecular complexity index is 456. The van der Waals surface area contributed by atoms with E-state index in [-0.39, 0.29) is 5.82 Å². The molecule has 4 nitrogen and oxygen atoms in total. The average molecular weight is 317 g/mol. The molecule has 2 N–H and O–H groups in total. The van der Waals surface area contributed by atoms with E-state index >= 15 is 0 Å². The molecule has 6 heteroatoms. The average Bonchev–Trinajstić information content (AvgIpc) is 2.33. The Hall–Kier alpha value is -0.980. The minimum Gasteiger partial charge on any atom is -0.480 e. The maximum atomic E-state index is 13.0. The van der Waals surface area contributed by atoms with Crippen molar-refractivity contribution in [1.82, 2.24) is 10.2 Å². The summed E-state index contributed by atoms with van der Waals surface area (Å²) in [4.78, 5) is 13.0. The molecule has 0 saturated carbocycles. The van der Waals surface area contributed by atoms with Gasteiger partial charge >= 0.3 is 5.97 Å². The van der Waals surface area contributed by atoms with Gasteiger partial charge in [0.1, 0.15) is 11.9 Å². The van der Waals surface area contributed by atoms with Crippen molar-refractivity contribution in [3.05, 3.63) is 34.1 Å². The summed E-state index contributed by atoms with van der Waals surface area (Å²) in [6, 6.07) is 3.93. The van der Waals surface area contributed by atoms with E-state index in [1.807, 2.05) is 4.90 Å². The van der Waals surface area contributed by atoms with E-state index in [0.29, 0.717) is 24.1 Å². The molecule has 2 rings (SSSR count). The molecular weight excluding hydrogens is 303 g/mol. The lowest BCUT2D eigenvalue weighted by atomic mass is 10.1. The molecule has 1 aromatic rings. The van der Waals surface area contributed by atoms with Crippen LogP contribution in [0.5, 0.6) is 0 Å². The van der Waals surface area contributed by atoms with Crippen molar-refractivity contribution in [1.29, 1.82) is 0 Å². The van der Waals surface area contributed by atoms with Crippen LogP contribution in [0.15, 0.2) is 22.7 Å². The maximum Gasteiger partial charge on any atom is 0.322 e. The molecule has 1 unspecified atom stereocenters. The Labute approximate surface area is 113 Å². The second-order valence-corrected chi connectivity index (χ2v) is 5.12. The minimum absolute atomic E-state index is 0.305. The molecule has 0 spiro atoms. The fourth-order valence-corrected chi connectivity index (χ4v) is 2.52. The third kappa shape index (κ3) is 3.07. The first kappa shape index (κ1) is 13.5. The van der Waals surface area contributed by atoms with Crippen LogP contribution >= 0.6 is 15.9 Å². The van der Waals surface area contributed by atoms with Gasteiger partial charge in [-0.15, -0.1) is 0 Å². The highest BCUT2D eigenvalue weighted by molar-refractivity contribution is 9.10. The minimum atomic E-state index is -0.833. The predicted molar refractivity (Wildman–Crippen MR) is 68.8 cm³/mol. The first-order valence-corrected chi connectivity index (χ1v) is 6.48. The summed E-state index contributed by atoms with van der Waals surface area (Å²) in [6.45, 7) is 2.37. The number of nitrogens with one attached hydrogen (secondary N) is 1. The second-order valence-electron chi connectivity index (χ2n) is 4.26. The quantitative estimate of drug-likeness (QED) is 0.886. The van der Waals surface area contributed by atoms with Gasteiger partial charge in [-0.2, -0.15) is 0 Å². The second kappa shape index (κ2) is 5.77. The molecule has 0 radical (unpaired) electrons. The molecule has 1 heterocycles. The molecule has 1 aliphatic heterocycles. The molecular formula is C12H14BrFN2O2. The number of benzene rings is 1. The van der Waals surface area contributed by atoms with Crippen molar-refractivity contribution in [3.8, 4) is 0 Å². The molecule has 0 amide bonds. The molecule has 98 valence electrons. The summed E-state index contributed by atoms with van der Waals surface area (Å²) in [7, 11) is 0. The van der Waals surface area contributed by atoms with E-state index in [1.165, 1.54) is 12.1 Å². The van der Waals surface area contributed by atoms with Gasteiger partial charge in [0.05, 0.1) is 0 Å². The van der Waals surface area contributed by atoms with Gasteiger partial charge in [0.2, 0.25) is 0 Å². The van der Waals surface area contributed by atoms with Crippen LogP contribution in [0.1, 0.15) is 5.56 Å². The Kier molecular flexibility index (Phi) is 4.31. The highest BCUT2D eigenvalue weighted by atomic mass is 79.9. The molecule has 18 heavy (non-hydrogen) atoms. The van der Waals surface area contributed by atoms with Crippen LogP contribution in [-0.4, -0.2) is 41.7 Å². The Balaban J connectivity index is 2.13. The summed E-state index contributed by atoms with van der Waals surface area (Å²) >= 11 is 3.30. The fraction of sp³-hybridized carbons (Fsp3) is 0.417. The largest absolute Gasteiger partial charge is 0.480 e. The fourth-order valence-electron chi connectivity index (χ4n) is 2.05. The molecule has 1 saturated heterocycles. The van der Waals surface area contributed by atoms with Crippen LogP contribution in [0.2, 0.25) is 0 Å². The lowest BCUT2D eigenvalue weighted by molar-refractivity contribution is -0.144. The van der Waals surface area contributed by atoms with E-state index in [1.54, 1.807) is 6.07 Å². The van der Waals surface area contributed by atoms with Gasteiger partial charge < -0.3 is 10.4 Å². The van der Waals surface area contributed by atoms with E-state index in [4.69, 9.17) is 5.11 Å². The van der Waals surface area contributed by atoms with Gasteiger partial charge in [0, 0.05) is 30.7 Å². The van der Waals surface area contributed by atoms with Gasteiger partial charge in [-0.1, -0.05) is 22.0 Å². The number of halogens is 2. The van der Waals surface area contributed by atoms with Crippen molar-refractivity contribution in [3.63, 3.8) is 0 Å². The molecule has 1 aromatic carbocycles. The van der Waals surface area contributed by atoms with Crippen LogP contribution in [0.4, 0.5) is 4.39 Å². The van der Waals surface area contributed by atoms with Crippen molar-refractivity contribution in [2.45, 2.75) is 12.6 Å². The van der Waals surface area contributed by atoms with Crippen LogP contribution in [0.25, 0.3) is 0 Å². The van der Waals surface area contributed by atoms with Gasteiger partial charge in [0.25, 0.3) is 0 Å². The van der Waals surface area contributed by atoms with Crippen molar-refractivity contribution >= 4 is 21.9 Å². The summed E-state index contributed by atoms with van der Waals surface area (Å²) in [6.07, 6.45) is 0. The molecule has 0 bridgehead atoms. The summed E-state index contributed by atoms with van der Waals surface area (Å²) in [5.41, 5.74) is 0.893. The SMILES string of the molecule is O=C(O)C1CNCCN1Cc1ccc(F)cc1Br. The summed E-state index contributed by atoms with van der Waals surface area (Å²) in [5.74, 6) is -1.14. The Morgan fingerprint density at radius 3 is 3.06 bits per heavy atom. The van der Waals surface area contributed by atoms with Gasteiger partial charge in [-0.05, 0) is 17.7 Å². The zero-order chi connectivity index (χ0) is 13.1. The summed E-state index contributed by atoms with van der Waals surface area (Å²) in [5, 5.41) is 12.2. The van der Waals surface area contributed by atoms with Crippen LogP contribution in [-0.2, 0) is 11.3 Å². The van der Waals surface area contributed by atoms with E-state index in [0.717, 1.165) is 12.1 Å². The van der Waals surface area contributed by atoms with Crippen molar-refractivity contribution in [2.75, 3.05) is 19.6 Å². The number of carboxylic acid groups (broad SMARTS) is 1. The number of hydrogen-bond donors (Lipinski definition) is 2. The lowest BCUT2D eigenvalue weighted by Crippen LogP contribution is -2.54. The predicted octanol–water partition coefficient (Wildman–Crippen LogP) is 1.45. The van der Waals surface area contributed by atoms with Crippen LogP contribution in [0, 0.1) is 5.82 Å². The molecule has 1 aliphatic rings. The highest BCUT2D eigenvalue weighted by Gasteiger charge is 2.28. The topological polar surface area (TPSA) is 52.6 Å². The number of carbonyl (C=O) groups is 1. The summed E-state index contributed by atoms with van der Waals surface area (Å²) < 4.78 is 13.7. The highest BCUT2D eigenvalue weighted by Crippen LogP contribution is 2.21. The third-order valence-corrected chi connectivity index (χ3v) is 3.77. The normalized spacial score (nSPS) is 20.9. The smallest absolute Gasteiger partial charge is 0.322 e. The van der Waals surface area contributed by atoms with E-state index in [2.05, 4.69) is 21.2 Å². The van der Waals surface area contributed by atoms with Crippen LogP contribution < -0.4 is 5.32 Å². The Morgan fingerprint density at radius 2 is 2.39 bits per heavy atom. The van der Waals surface area contributed by atoms with E-state index < -0.39 is 12.0 Å². The Morgan fingerprint density at radius 1 is 1.61 bits per heavy atom. The van der Waals surface area contributed by atoms with Gasteiger partial charge in [-0.3, -0.25) is 9.69 Å². The molecule has 0 aliphatic carbocycles. The zero-order valence-corrected chi connectivity index (χ0v) is 11.3. The first-order valence-electron chi connectivity index (χ1n) is 5.69. The van der Waals surface area contributed by atoms with Crippen molar-refractivity contribution in [2.24, 2.45) is 0 Å².